The predicted octanol–water partition coefficient (Wildman–Crippen LogP) is 3.17. The molecule has 1 saturated carbocycles. The molecule has 0 saturated heterocycles. The number of rotatable bonds is 11. The maximum Gasteiger partial charge on any atom is 0.130 e. The molecule has 1 N–H and O–H groups in total. The minimum Gasteiger partial charge on any atom is -0.464 e. The lowest BCUT2D eigenvalue weighted by Gasteiger charge is -2.03. The molecule has 1 heterocycles. The standard InChI is InChI=1S/C16H27NO3/c1-3-4-7-18-8-9-19-12-16-10-14(13(2)20-16)11-17-15-5-6-15/h10,15,17H,3-9,11-12H2,1-2H3. The Balaban J connectivity index is 1.59. The molecule has 4 heteroatoms. The summed E-state index contributed by atoms with van der Waals surface area (Å²) in [6.45, 7) is 7.73. The number of hydrogen-bond donors (Lipinski definition) is 1. The van der Waals surface area contributed by atoms with Crippen LogP contribution in [-0.4, -0.2) is 25.9 Å². The molecule has 20 heavy (non-hydrogen) atoms. The number of hydrogen-bond acceptors (Lipinski definition) is 4. The molecule has 114 valence electrons. The van der Waals surface area contributed by atoms with Crippen LogP contribution in [0.15, 0.2) is 10.5 Å². The number of ether oxygens (including phenoxy) is 2. The first-order valence-electron chi connectivity index (χ1n) is 7.76. The van der Waals surface area contributed by atoms with Gasteiger partial charge in [0.2, 0.25) is 0 Å². The Morgan fingerprint density at radius 1 is 1.25 bits per heavy atom. The third-order valence-corrected chi connectivity index (χ3v) is 3.49. The van der Waals surface area contributed by atoms with E-state index in [0.29, 0.717) is 19.8 Å². The molecule has 1 aromatic rings. The molecular formula is C16H27NO3. The van der Waals surface area contributed by atoms with Crippen LogP contribution in [0.3, 0.4) is 0 Å². The first-order valence-corrected chi connectivity index (χ1v) is 7.76. The van der Waals surface area contributed by atoms with Crippen LogP contribution in [0, 0.1) is 6.92 Å². The Morgan fingerprint density at radius 3 is 2.80 bits per heavy atom. The molecule has 0 radical (unpaired) electrons. The Labute approximate surface area is 121 Å². The van der Waals surface area contributed by atoms with E-state index in [4.69, 9.17) is 13.9 Å². The van der Waals surface area contributed by atoms with Crippen molar-refractivity contribution in [3.63, 3.8) is 0 Å². The van der Waals surface area contributed by atoms with Crippen LogP contribution < -0.4 is 5.32 Å². The minimum absolute atomic E-state index is 0.529. The van der Waals surface area contributed by atoms with E-state index in [1.165, 1.54) is 24.8 Å². The van der Waals surface area contributed by atoms with Crippen molar-refractivity contribution in [2.45, 2.75) is 58.7 Å². The molecular weight excluding hydrogens is 254 g/mol. The van der Waals surface area contributed by atoms with Crippen LogP contribution in [0.4, 0.5) is 0 Å². The van der Waals surface area contributed by atoms with E-state index in [-0.39, 0.29) is 0 Å². The van der Waals surface area contributed by atoms with E-state index >= 15 is 0 Å². The number of nitrogens with one attached hydrogen (secondary N) is 1. The van der Waals surface area contributed by atoms with Crippen LogP contribution in [-0.2, 0) is 22.6 Å². The summed E-state index contributed by atoms with van der Waals surface area (Å²) in [6.07, 6.45) is 4.91. The van der Waals surface area contributed by atoms with E-state index in [1.807, 2.05) is 6.92 Å². The Morgan fingerprint density at radius 2 is 2.05 bits per heavy atom. The maximum absolute atomic E-state index is 5.71. The Kier molecular flexibility index (Phi) is 6.57. The molecule has 0 atom stereocenters. The van der Waals surface area contributed by atoms with Gasteiger partial charge in [0.05, 0.1) is 13.2 Å². The van der Waals surface area contributed by atoms with Gasteiger partial charge in [0.15, 0.2) is 0 Å². The number of aryl methyl sites for hydroxylation is 1. The third kappa shape index (κ3) is 5.65. The highest BCUT2D eigenvalue weighted by atomic mass is 16.5. The molecule has 0 amide bonds. The summed E-state index contributed by atoms with van der Waals surface area (Å²) < 4.78 is 16.7. The van der Waals surface area contributed by atoms with E-state index in [9.17, 15) is 0 Å². The van der Waals surface area contributed by atoms with Crippen LogP contribution in [0.1, 0.15) is 49.7 Å². The van der Waals surface area contributed by atoms with Crippen LogP contribution in [0.2, 0.25) is 0 Å². The van der Waals surface area contributed by atoms with Gasteiger partial charge in [0, 0.05) is 24.8 Å². The summed E-state index contributed by atoms with van der Waals surface area (Å²) in [6, 6.07) is 2.83. The molecule has 0 aromatic carbocycles. The molecule has 0 aliphatic heterocycles. The SMILES string of the molecule is CCCCOCCOCc1cc(CNC2CC2)c(C)o1. The molecule has 1 aliphatic rings. The molecule has 1 aromatic heterocycles. The predicted molar refractivity (Wildman–Crippen MR) is 78.7 cm³/mol. The molecule has 0 spiro atoms. The fourth-order valence-corrected chi connectivity index (χ4v) is 2.02. The summed E-state index contributed by atoms with van der Waals surface area (Å²) in [7, 11) is 0. The zero-order valence-electron chi connectivity index (χ0n) is 12.7. The van der Waals surface area contributed by atoms with Gasteiger partial charge in [0.1, 0.15) is 18.1 Å². The number of furan rings is 1. The highest BCUT2D eigenvalue weighted by Crippen LogP contribution is 2.21. The fraction of sp³-hybridized carbons (Fsp3) is 0.750. The molecule has 1 aliphatic carbocycles. The first kappa shape index (κ1) is 15.5. The van der Waals surface area contributed by atoms with Gasteiger partial charge in [-0.05, 0) is 32.3 Å². The quantitative estimate of drug-likeness (QED) is 0.633. The monoisotopic (exact) mass is 281 g/mol. The smallest absolute Gasteiger partial charge is 0.130 e. The van der Waals surface area contributed by atoms with Crippen molar-refractivity contribution >= 4 is 0 Å². The normalized spacial score (nSPS) is 14.9. The summed E-state index contributed by atoms with van der Waals surface area (Å²) >= 11 is 0. The second kappa shape index (κ2) is 8.45. The lowest BCUT2D eigenvalue weighted by Crippen LogP contribution is -2.15. The number of unbranched alkanes of at least 4 members (excludes halogenated alkanes) is 1. The van der Waals surface area contributed by atoms with Gasteiger partial charge in [-0.25, -0.2) is 0 Å². The second-order valence-electron chi connectivity index (χ2n) is 5.47. The Bertz CT molecular complexity index is 385. The summed E-state index contributed by atoms with van der Waals surface area (Å²) in [4.78, 5) is 0. The van der Waals surface area contributed by atoms with Gasteiger partial charge < -0.3 is 19.2 Å². The molecule has 1 fully saturated rings. The van der Waals surface area contributed by atoms with E-state index in [0.717, 1.165) is 37.1 Å². The molecule has 4 nitrogen and oxygen atoms in total. The summed E-state index contributed by atoms with van der Waals surface area (Å²) in [5, 5.41) is 3.50. The fourth-order valence-electron chi connectivity index (χ4n) is 2.02. The molecule has 2 rings (SSSR count). The van der Waals surface area contributed by atoms with Gasteiger partial charge in [-0.2, -0.15) is 0 Å². The van der Waals surface area contributed by atoms with Crippen molar-refractivity contribution < 1.29 is 13.9 Å². The van der Waals surface area contributed by atoms with Crippen molar-refractivity contribution in [1.82, 2.24) is 5.32 Å². The zero-order chi connectivity index (χ0) is 14.2. The molecule has 0 unspecified atom stereocenters. The second-order valence-corrected chi connectivity index (χ2v) is 5.47. The van der Waals surface area contributed by atoms with Crippen molar-refractivity contribution in [1.29, 1.82) is 0 Å². The van der Waals surface area contributed by atoms with E-state index < -0.39 is 0 Å². The van der Waals surface area contributed by atoms with Gasteiger partial charge in [-0.1, -0.05) is 13.3 Å². The summed E-state index contributed by atoms with van der Waals surface area (Å²) in [5.74, 6) is 1.90. The van der Waals surface area contributed by atoms with Gasteiger partial charge >= 0.3 is 0 Å². The van der Waals surface area contributed by atoms with E-state index in [1.54, 1.807) is 0 Å². The highest BCUT2D eigenvalue weighted by Gasteiger charge is 2.20. The van der Waals surface area contributed by atoms with Crippen LogP contribution >= 0.6 is 0 Å². The lowest BCUT2D eigenvalue weighted by atomic mass is 10.2. The third-order valence-electron chi connectivity index (χ3n) is 3.49. The Hall–Kier alpha value is -0.840. The van der Waals surface area contributed by atoms with Crippen molar-refractivity contribution in [3.8, 4) is 0 Å². The average molecular weight is 281 g/mol. The van der Waals surface area contributed by atoms with Crippen molar-refractivity contribution in [3.05, 3.63) is 23.2 Å². The van der Waals surface area contributed by atoms with Gasteiger partial charge in [-0.3, -0.25) is 0 Å². The summed E-state index contributed by atoms with van der Waals surface area (Å²) in [5.41, 5.74) is 1.25. The van der Waals surface area contributed by atoms with Crippen molar-refractivity contribution in [2.75, 3.05) is 19.8 Å². The van der Waals surface area contributed by atoms with Gasteiger partial charge in [-0.15, -0.1) is 0 Å². The lowest BCUT2D eigenvalue weighted by molar-refractivity contribution is 0.0337. The minimum atomic E-state index is 0.529. The molecule has 0 bridgehead atoms. The zero-order valence-corrected chi connectivity index (χ0v) is 12.7. The van der Waals surface area contributed by atoms with Gasteiger partial charge in [0.25, 0.3) is 0 Å². The average Bonchev–Trinajstić information content (AvgIpc) is 3.20. The van der Waals surface area contributed by atoms with E-state index in [2.05, 4.69) is 18.3 Å². The largest absolute Gasteiger partial charge is 0.464 e. The van der Waals surface area contributed by atoms with Crippen molar-refractivity contribution in [2.24, 2.45) is 0 Å². The first-order chi connectivity index (χ1) is 9.79. The maximum atomic E-state index is 5.71. The highest BCUT2D eigenvalue weighted by molar-refractivity contribution is 5.20. The topological polar surface area (TPSA) is 43.6 Å². The van der Waals surface area contributed by atoms with Crippen LogP contribution in [0.5, 0.6) is 0 Å². The van der Waals surface area contributed by atoms with Crippen LogP contribution in [0.25, 0.3) is 0 Å².